The second-order valence-electron chi connectivity index (χ2n) is 2.93. The Morgan fingerprint density at radius 2 is 2.19 bits per heavy atom. The van der Waals surface area contributed by atoms with Crippen molar-refractivity contribution < 1.29 is 14.3 Å². The third-order valence-electron chi connectivity index (χ3n) is 1.74. The SMILES string of the molecule is CCOC(=O)NCCOc1ccccc1Br. The summed E-state index contributed by atoms with van der Waals surface area (Å²) < 4.78 is 11.0. The van der Waals surface area contributed by atoms with Gasteiger partial charge in [0, 0.05) is 0 Å². The van der Waals surface area contributed by atoms with Crippen molar-refractivity contribution in [1.82, 2.24) is 5.32 Å². The first-order chi connectivity index (χ1) is 7.74. The second-order valence-corrected chi connectivity index (χ2v) is 3.78. The molecule has 0 radical (unpaired) electrons. The van der Waals surface area contributed by atoms with Crippen LogP contribution in [0.3, 0.4) is 0 Å². The van der Waals surface area contributed by atoms with Crippen LogP contribution in [0.1, 0.15) is 6.92 Å². The molecule has 4 nitrogen and oxygen atoms in total. The smallest absolute Gasteiger partial charge is 0.407 e. The number of carbonyl (C=O) groups is 1. The Hall–Kier alpha value is -1.23. The van der Waals surface area contributed by atoms with Gasteiger partial charge in [-0.3, -0.25) is 0 Å². The minimum Gasteiger partial charge on any atom is -0.491 e. The van der Waals surface area contributed by atoms with Crippen LogP contribution in [0.2, 0.25) is 0 Å². The third kappa shape index (κ3) is 4.53. The topological polar surface area (TPSA) is 47.6 Å². The summed E-state index contributed by atoms with van der Waals surface area (Å²) in [6.45, 7) is 2.95. The summed E-state index contributed by atoms with van der Waals surface area (Å²) in [5.74, 6) is 0.758. The number of amides is 1. The van der Waals surface area contributed by atoms with Gasteiger partial charge in [0.15, 0.2) is 0 Å². The lowest BCUT2D eigenvalue weighted by molar-refractivity contribution is 0.150. The van der Waals surface area contributed by atoms with Gasteiger partial charge in [-0.05, 0) is 35.0 Å². The predicted octanol–water partition coefficient (Wildman–Crippen LogP) is 2.57. The molecule has 0 fully saturated rings. The van der Waals surface area contributed by atoms with Gasteiger partial charge in [0.25, 0.3) is 0 Å². The zero-order valence-electron chi connectivity index (χ0n) is 9.03. The number of ether oxygens (including phenoxy) is 2. The molecule has 0 saturated heterocycles. The highest BCUT2D eigenvalue weighted by molar-refractivity contribution is 9.10. The first kappa shape index (κ1) is 12.8. The second kappa shape index (κ2) is 7.11. The predicted molar refractivity (Wildman–Crippen MR) is 64.7 cm³/mol. The molecule has 1 aromatic rings. The van der Waals surface area contributed by atoms with Crippen LogP contribution in [0.15, 0.2) is 28.7 Å². The summed E-state index contributed by atoms with van der Waals surface area (Å²) in [5, 5.41) is 2.57. The number of alkyl carbamates (subject to hydrolysis) is 1. The summed E-state index contributed by atoms with van der Waals surface area (Å²) in [6, 6.07) is 7.55. The molecule has 0 heterocycles. The van der Waals surface area contributed by atoms with E-state index in [1.807, 2.05) is 24.3 Å². The van der Waals surface area contributed by atoms with Crippen molar-refractivity contribution in [2.75, 3.05) is 19.8 Å². The minimum absolute atomic E-state index is 0.372. The molecule has 1 rings (SSSR count). The van der Waals surface area contributed by atoms with Gasteiger partial charge in [0.05, 0.1) is 17.6 Å². The summed E-state index contributed by atoms with van der Waals surface area (Å²) in [5.41, 5.74) is 0. The van der Waals surface area contributed by atoms with E-state index in [9.17, 15) is 4.79 Å². The Morgan fingerprint density at radius 1 is 1.44 bits per heavy atom. The molecule has 0 aromatic heterocycles. The van der Waals surface area contributed by atoms with E-state index in [2.05, 4.69) is 21.2 Å². The Morgan fingerprint density at radius 3 is 2.88 bits per heavy atom. The van der Waals surface area contributed by atoms with Gasteiger partial charge < -0.3 is 14.8 Å². The van der Waals surface area contributed by atoms with E-state index in [0.29, 0.717) is 19.8 Å². The lowest BCUT2D eigenvalue weighted by Crippen LogP contribution is -2.28. The van der Waals surface area contributed by atoms with Crippen LogP contribution in [0.5, 0.6) is 5.75 Å². The zero-order chi connectivity index (χ0) is 11.8. The van der Waals surface area contributed by atoms with Gasteiger partial charge in [-0.2, -0.15) is 0 Å². The van der Waals surface area contributed by atoms with Gasteiger partial charge >= 0.3 is 6.09 Å². The fourth-order valence-electron chi connectivity index (χ4n) is 1.06. The van der Waals surface area contributed by atoms with E-state index in [-0.39, 0.29) is 0 Å². The van der Waals surface area contributed by atoms with Crippen LogP contribution in [0.4, 0.5) is 4.79 Å². The van der Waals surface area contributed by atoms with Crippen molar-refractivity contribution in [3.05, 3.63) is 28.7 Å². The minimum atomic E-state index is -0.418. The van der Waals surface area contributed by atoms with E-state index < -0.39 is 6.09 Å². The van der Waals surface area contributed by atoms with Crippen molar-refractivity contribution in [2.45, 2.75) is 6.92 Å². The molecule has 1 aromatic carbocycles. The molecule has 0 saturated carbocycles. The number of hydrogen-bond donors (Lipinski definition) is 1. The van der Waals surface area contributed by atoms with Crippen molar-refractivity contribution in [2.24, 2.45) is 0 Å². The van der Waals surface area contributed by atoms with Crippen LogP contribution in [-0.4, -0.2) is 25.9 Å². The molecule has 0 atom stereocenters. The number of benzene rings is 1. The highest BCUT2D eigenvalue weighted by Gasteiger charge is 2.01. The van der Waals surface area contributed by atoms with Crippen LogP contribution in [0.25, 0.3) is 0 Å². The van der Waals surface area contributed by atoms with Crippen molar-refractivity contribution in [3.8, 4) is 5.75 Å². The molecule has 5 heteroatoms. The quantitative estimate of drug-likeness (QED) is 0.847. The van der Waals surface area contributed by atoms with Crippen LogP contribution >= 0.6 is 15.9 Å². The van der Waals surface area contributed by atoms with E-state index in [0.717, 1.165) is 10.2 Å². The maximum Gasteiger partial charge on any atom is 0.407 e. The lowest BCUT2D eigenvalue weighted by Gasteiger charge is -2.08. The first-order valence-corrected chi connectivity index (χ1v) is 5.81. The largest absolute Gasteiger partial charge is 0.491 e. The fraction of sp³-hybridized carbons (Fsp3) is 0.364. The summed E-state index contributed by atoms with van der Waals surface area (Å²) in [6.07, 6.45) is -0.418. The van der Waals surface area contributed by atoms with Crippen LogP contribution in [-0.2, 0) is 4.74 Å². The molecular weight excluding hydrogens is 274 g/mol. The Balaban J connectivity index is 2.21. The normalized spacial score (nSPS) is 9.62. The molecule has 0 spiro atoms. The molecule has 0 unspecified atom stereocenters. The van der Waals surface area contributed by atoms with E-state index in [1.54, 1.807) is 6.92 Å². The van der Waals surface area contributed by atoms with Gasteiger partial charge in [-0.25, -0.2) is 4.79 Å². The molecule has 16 heavy (non-hydrogen) atoms. The fourth-order valence-corrected chi connectivity index (χ4v) is 1.46. The third-order valence-corrected chi connectivity index (χ3v) is 2.40. The first-order valence-electron chi connectivity index (χ1n) is 5.02. The summed E-state index contributed by atoms with van der Waals surface area (Å²) in [4.78, 5) is 10.9. The molecule has 1 N–H and O–H groups in total. The lowest BCUT2D eigenvalue weighted by atomic mass is 10.3. The van der Waals surface area contributed by atoms with Crippen LogP contribution in [0, 0.1) is 0 Å². The number of nitrogens with one attached hydrogen (secondary N) is 1. The van der Waals surface area contributed by atoms with E-state index in [1.165, 1.54) is 0 Å². The Labute approximate surface area is 103 Å². The summed E-state index contributed by atoms with van der Waals surface area (Å²) in [7, 11) is 0. The number of carbonyl (C=O) groups excluding carboxylic acids is 1. The zero-order valence-corrected chi connectivity index (χ0v) is 10.6. The highest BCUT2D eigenvalue weighted by atomic mass is 79.9. The maximum absolute atomic E-state index is 10.9. The molecule has 0 aliphatic rings. The van der Waals surface area contributed by atoms with E-state index >= 15 is 0 Å². The van der Waals surface area contributed by atoms with Crippen molar-refractivity contribution in [3.63, 3.8) is 0 Å². The maximum atomic E-state index is 10.9. The van der Waals surface area contributed by atoms with Gasteiger partial charge in [0.1, 0.15) is 12.4 Å². The molecular formula is C11H14BrNO3. The summed E-state index contributed by atoms with van der Waals surface area (Å²) >= 11 is 3.37. The number of halogens is 1. The van der Waals surface area contributed by atoms with Gasteiger partial charge in [0.2, 0.25) is 0 Å². The highest BCUT2D eigenvalue weighted by Crippen LogP contribution is 2.23. The van der Waals surface area contributed by atoms with E-state index in [4.69, 9.17) is 9.47 Å². The molecule has 0 aliphatic heterocycles. The van der Waals surface area contributed by atoms with Crippen molar-refractivity contribution in [1.29, 1.82) is 0 Å². The van der Waals surface area contributed by atoms with Gasteiger partial charge in [-0.1, -0.05) is 12.1 Å². The van der Waals surface area contributed by atoms with Crippen LogP contribution < -0.4 is 10.1 Å². The van der Waals surface area contributed by atoms with Crippen molar-refractivity contribution >= 4 is 22.0 Å². The standard InChI is InChI=1S/C11H14BrNO3/c1-2-15-11(14)13-7-8-16-10-6-4-3-5-9(10)12/h3-6H,2,7-8H2,1H3,(H,13,14). The average molecular weight is 288 g/mol. The average Bonchev–Trinajstić information content (AvgIpc) is 2.27. The Kier molecular flexibility index (Phi) is 5.71. The molecule has 88 valence electrons. The monoisotopic (exact) mass is 287 g/mol. The number of para-hydroxylation sites is 1. The molecule has 0 aliphatic carbocycles. The molecule has 1 amide bonds. The Bertz CT molecular complexity index is 344. The molecule has 0 bridgehead atoms. The van der Waals surface area contributed by atoms with Gasteiger partial charge in [-0.15, -0.1) is 0 Å². The number of hydrogen-bond acceptors (Lipinski definition) is 3. The number of rotatable bonds is 5.